The van der Waals surface area contributed by atoms with Gasteiger partial charge in [-0.2, -0.15) is 10.1 Å². The lowest BCUT2D eigenvalue weighted by molar-refractivity contribution is 0.0601. The summed E-state index contributed by atoms with van der Waals surface area (Å²) in [7, 11) is 2.94. The maximum absolute atomic E-state index is 11.6. The van der Waals surface area contributed by atoms with Crippen molar-refractivity contribution in [1.29, 1.82) is 0 Å². The predicted molar refractivity (Wildman–Crippen MR) is 97.2 cm³/mol. The van der Waals surface area contributed by atoms with Crippen molar-refractivity contribution < 1.29 is 14.3 Å². The molecule has 0 amide bonds. The molecule has 0 aliphatic heterocycles. The minimum Gasteiger partial charge on any atom is -0.497 e. The molecule has 0 saturated heterocycles. The fourth-order valence-corrected chi connectivity index (χ4v) is 2.24. The van der Waals surface area contributed by atoms with E-state index in [4.69, 9.17) is 9.47 Å². The lowest BCUT2D eigenvalue weighted by atomic mass is 10.2. The number of hydrogen-bond donors (Lipinski definition) is 2. The van der Waals surface area contributed by atoms with Crippen molar-refractivity contribution in [3.05, 3.63) is 60.3 Å². The molecule has 2 N–H and O–H groups in total. The van der Waals surface area contributed by atoms with Crippen LogP contribution in [0.15, 0.2) is 54.7 Å². The van der Waals surface area contributed by atoms with Gasteiger partial charge in [0.25, 0.3) is 0 Å². The average molecular weight is 351 g/mol. The van der Waals surface area contributed by atoms with Crippen LogP contribution in [0.2, 0.25) is 0 Å². The summed E-state index contributed by atoms with van der Waals surface area (Å²) in [5, 5.41) is 14.0. The summed E-state index contributed by atoms with van der Waals surface area (Å²) in [6.07, 6.45) is 1.49. The van der Waals surface area contributed by atoms with Gasteiger partial charge >= 0.3 is 5.97 Å². The zero-order valence-electron chi connectivity index (χ0n) is 14.3. The summed E-state index contributed by atoms with van der Waals surface area (Å²) in [4.78, 5) is 16.0. The van der Waals surface area contributed by atoms with Crippen molar-refractivity contribution in [3.63, 3.8) is 0 Å². The first kappa shape index (κ1) is 17.2. The Bertz CT molecular complexity index is 917. The van der Waals surface area contributed by atoms with Crippen LogP contribution < -0.4 is 15.4 Å². The molecule has 0 saturated carbocycles. The van der Waals surface area contributed by atoms with Crippen molar-refractivity contribution in [2.75, 3.05) is 24.9 Å². The molecular formula is C18H17N5O3. The van der Waals surface area contributed by atoms with E-state index in [1.165, 1.54) is 13.3 Å². The number of rotatable bonds is 6. The average Bonchev–Trinajstić information content (AvgIpc) is 2.68. The SMILES string of the molecule is COC(=O)c1cccc(Nc2cnnc(Nc3cccc(OC)c3)n2)c1. The van der Waals surface area contributed by atoms with Crippen LogP contribution in [0.5, 0.6) is 5.75 Å². The second kappa shape index (κ2) is 7.93. The number of ether oxygens (including phenoxy) is 2. The number of nitrogens with one attached hydrogen (secondary N) is 2. The highest BCUT2D eigenvalue weighted by atomic mass is 16.5. The lowest BCUT2D eigenvalue weighted by Gasteiger charge is -2.09. The Kier molecular flexibility index (Phi) is 5.23. The summed E-state index contributed by atoms with van der Waals surface area (Å²) in [5.41, 5.74) is 1.89. The van der Waals surface area contributed by atoms with E-state index in [1.807, 2.05) is 30.3 Å². The summed E-state index contributed by atoms with van der Waals surface area (Å²) in [6.45, 7) is 0. The van der Waals surface area contributed by atoms with E-state index in [-0.39, 0.29) is 0 Å². The van der Waals surface area contributed by atoms with Crippen molar-refractivity contribution >= 4 is 29.1 Å². The molecule has 2 aromatic carbocycles. The van der Waals surface area contributed by atoms with Crippen LogP contribution in [0.25, 0.3) is 0 Å². The molecule has 0 bridgehead atoms. The van der Waals surface area contributed by atoms with Gasteiger partial charge in [-0.05, 0) is 30.3 Å². The molecule has 132 valence electrons. The zero-order valence-corrected chi connectivity index (χ0v) is 14.3. The van der Waals surface area contributed by atoms with E-state index in [0.717, 1.165) is 11.4 Å². The van der Waals surface area contributed by atoms with E-state index in [9.17, 15) is 4.79 Å². The molecule has 1 heterocycles. The first-order valence-electron chi connectivity index (χ1n) is 7.74. The highest BCUT2D eigenvalue weighted by molar-refractivity contribution is 5.90. The van der Waals surface area contributed by atoms with Gasteiger partial charge in [-0.25, -0.2) is 4.79 Å². The number of hydrogen-bond acceptors (Lipinski definition) is 8. The maximum Gasteiger partial charge on any atom is 0.337 e. The van der Waals surface area contributed by atoms with Crippen LogP contribution in [0, 0.1) is 0 Å². The van der Waals surface area contributed by atoms with E-state index >= 15 is 0 Å². The van der Waals surface area contributed by atoms with Crippen LogP contribution in [0.1, 0.15) is 10.4 Å². The molecule has 0 atom stereocenters. The Hall–Kier alpha value is -3.68. The number of methoxy groups -OCH3 is 2. The molecule has 8 nitrogen and oxygen atoms in total. The molecule has 8 heteroatoms. The second-order valence-corrected chi connectivity index (χ2v) is 5.22. The van der Waals surface area contributed by atoms with Gasteiger partial charge in [-0.1, -0.05) is 12.1 Å². The van der Waals surface area contributed by atoms with Crippen molar-refractivity contribution in [1.82, 2.24) is 15.2 Å². The van der Waals surface area contributed by atoms with Gasteiger partial charge in [0.05, 0.1) is 26.0 Å². The number of anilines is 4. The van der Waals surface area contributed by atoms with Gasteiger partial charge < -0.3 is 20.1 Å². The molecule has 0 aliphatic carbocycles. The van der Waals surface area contributed by atoms with Gasteiger partial charge in [0.1, 0.15) is 5.75 Å². The predicted octanol–water partition coefficient (Wildman–Crippen LogP) is 3.15. The minimum atomic E-state index is -0.408. The van der Waals surface area contributed by atoms with Gasteiger partial charge in [0.15, 0.2) is 5.82 Å². The number of esters is 1. The number of carbonyl (C=O) groups excluding carboxylic acids is 1. The summed E-state index contributed by atoms with van der Waals surface area (Å²) in [6, 6.07) is 14.3. The normalized spacial score (nSPS) is 10.1. The topological polar surface area (TPSA) is 98.3 Å². The van der Waals surface area contributed by atoms with E-state index in [0.29, 0.717) is 23.0 Å². The smallest absolute Gasteiger partial charge is 0.337 e. The molecule has 1 aromatic heterocycles. The third kappa shape index (κ3) is 4.23. The van der Waals surface area contributed by atoms with Crippen LogP contribution in [0.3, 0.4) is 0 Å². The largest absolute Gasteiger partial charge is 0.497 e. The van der Waals surface area contributed by atoms with Crippen LogP contribution in [0.4, 0.5) is 23.1 Å². The molecule has 3 rings (SSSR count). The quantitative estimate of drug-likeness (QED) is 0.654. The van der Waals surface area contributed by atoms with Crippen LogP contribution in [-0.4, -0.2) is 35.4 Å². The van der Waals surface area contributed by atoms with Gasteiger partial charge in [0, 0.05) is 17.4 Å². The first-order valence-corrected chi connectivity index (χ1v) is 7.74. The molecule has 26 heavy (non-hydrogen) atoms. The highest BCUT2D eigenvalue weighted by Crippen LogP contribution is 2.21. The molecule has 0 aliphatic rings. The zero-order chi connectivity index (χ0) is 18.4. The van der Waals surface area contributed by atoms with E-state index < -0.39 is 5.97 Å². The van der Waals surface area contributed by atoms with Crippen molar-refractivity contribution in [2.45, 2.75) is 0 Å². The monoisotopic (exact) mass is 351 g/mol. The number of nitrogens with zero attached hydrogens (tertiary/aromatic N) is 3. The molecule has 0 spiro atoms. The number of aromatic nitrogens is 3. The fraction of sp³-hybridized carbons (Fsp3) is 0.111. The Morgan fingerprint density at radius 1 is 1.00 bits per heavy atom. The van der Waals surface area contributed by atoms with Gasteiger partial charge in [0.2, 0.25) is 5.95 Å². The maximum atomic E-state index is 11.6. The molecule has 0 unspecified atom stereocenters. The van der Waals surface area contributed by atoms with Crippen molar-refractivity contribution in [2.24, 2.45) is 0 Å². The standard InChI is InChI=1S/C18H17N5O3/c1-25-15-8-4-7-14(10-15)21-18-22-16(11-19-23-18)20-13-6-3-5-12(9-13)17(24)26-2/h3-11H,1-2H3,(H2,20,21,22,23). The van der Waals surface area contributed by atoms with Crippen LogP contribution in [-0.2, 0) is 4.74 Å². The van der Waals surface area contributed by atoms with Crippen LogP contribution >= 0.6 is 0 Å². The number of benzene rings is 2. The third-order valence-corrected chi connectivity index (χ3v) is 3.44. The summed E-state index contributed by atoms with van der Waals surface area (Å²) in [5.74, 6) is 1.12. The second-order valence-electron chi connectivity index (χ2n) is 5.22. The highest BCUT2D eigenvalue weighted by Gasteiger charge is 2.07. The fourth-order valence-electron chi connectivity index (χ4n) is 2.24. The number of carbonyl (C=O) groups is 1. The molecular weight excluding hydrogens is 334 g/mol. The summed E-state index contributed by atoms with van der Waals surface area (Å²) < 4.78 is 9.91. The molecule has 0 fully saturated rings. The Morgan fingerprint density at radius 3 is 2.54 bits per heavy atom. The van der Waals surface area contributed by atoms with Crippen molar-refractivity contribution in [3.8, 4) is 5.75 Å². The minimum absolute atomic E-state index is 0.326. The molecule has 3 aromatic rings. The Morgan fingerprint density at radius 2 is 1.77 bits per heavy atom. The van der Waals surface area contributed by atoms with Gasteiger partial charge in [-0.3, -0.25) is 0 Å². The van der Waals surface area contributed by atoms with E-state index in [1.54, 1.807) is 25.3 Å². The molecule has 0 radical (unpaired) electrons. The first-order chi connectivity index (χ1) is 12.7. The van der Waals surface area contributed by atoms with E-state index in [2.05, 4.69) is 25.8 Å². The Balaban J connectivity index is 1.76. The third-order valence-electron chi connectivity index (χ3n) is 3.44. The summed E-state index contributed by atoms with van der Waals surface area (Å²) >= 11 is 0. The lowest BCUT2D eigenvalue weighted by Crippen LogP contribution is -2.04. The Labute approximate surface area is 150 Å². The van der Waals surface area contributed by atoms with Gasteiger partial charge in [-0.15, -0.1) is 5.10 Å².